The first-order valence-corrected chi connectivity index (χ1v) is 9.58. The van der Waals surface area contributed by atoms with E-state index in [1.807, 2.05) is 0 Å². The highest BCUT2D eigenvalue weighted by Gasteiger charge is 2.67. The van der Waals surface area contributed by atoms with E-state index in [1.54, 1.807) is 55.5 Å². The quantitative estimate of drug-likeness (QED) is 0.593. The Bertz CT molecular complexity index is 1050. The first-order valence-electron chi connectivity index (χ1n) is 8.82. The van der Waals surface area contributed by atoms with Gasteiger partial charge in [0.05, 0.1) is 17.3 Å². The number of hydrazone groups is 1. The standard InChI is InChI=1S/C20H15Cl2N3O4/c1-2-29-18(27)16-15-17(26)25(14-6-4-3-5-13(14)22)19(28)20(15,24-23-16)11-7-9-12(21)10-8-11/h3-10,15,24H,2H2,1H3/t15-,20+/m1/s1. The van der Waals surface area contributed by atoms with Gasteiger partial charge in [0, 0.05) is 5.02 Å². The van der Waals surface area contributed by atoms with E-state index >= 15 is 0 Å². The Balaban J connectivity index is 1.89. The molecule has 0 radical (unpaired) electrons. The third kappa shape index (κ3) is 2.81. The van der Waals surface area contributed by atoms with Gasteiger partial charge in [0.15, 0.2) is 11.3 Å². The minimum Gasteiger partial charge on any atom is -0.461 e. The van der Waals surface area contributed by atoms with E-state index in [4.69, 9.17) is 27.9 Å². The monoisotopic (exact) mass is 431 g/mol. The van der Waals surface area contributed by atoms with Crippen molar-refractivity contribution in [2.45, 2.75) is 12.5 Å². The molecule has 9 heteroatoms. The average molecular weight is 432 g/mol. The molecule has 0 saturated carbocycles. The van der Waals surface area contributed by atoms with Crippen LogP contribution in [0.15, 0.2) is 53.6 Å². The molecule has 0 aliphatic carbocycles. The number of anilines is 1. The molecular formula is C20H15Cl2N3O4. The largest absolute Gasteiger partial charge is 0.461 e. The summed E-state index contributed by atoms with van der Waals surface area (Å²) in [6.45, 7) is 1.75. The number of nitrogens with zero attached hydrogens (tertiary/aromatic N) is 2. The lowest BCUT2D eigenvalue weighted by Crippen LogP contribution is -2.48. The van der Waals surface area contributed by atoms with Crippen LogP contribution in [-0.2, 0) is 24.7 Å². The molecule has 0 spiro atoms. The van der Waals surface area contributed by atoms with Gasteiger partial charge in [-0.25, -0.2) is 9.69 Å². The molecule has 1 fully saturated rings. The Morgan fingerprint density at radius 1 is 1.17 bits per heavy atom. The summed E-state index contributed by atoms with van der Waals surface area (Å²) in [6, 6.07) is 12.9. The predicted molar refractivity (Wildman–Crippen MR) is 108 cm³/mol. The molecular weight excluding hydrogens is 417 g/mol. The number of nitrogens with one attached hydrogen (secondary N) is 1. The number of rotatable bonds is 4. The van der Waals surface area contributed by atoms with Crippen molar-refractivity contribution in [1.29, 1.82) is 0 Å². The van der Waals surface area contributed by atoms with Crippen LogP contribution in [0.2, 0.25) is 10.0 Å². The molecule has 2 atom stereocenters. The molecule has 0 unspecified atom stereocenters. The van der Waals surface area contributed by atoms with E-state index in [9.17, 15) is 14.4 Å². The number of ether oxygens (including phenoxy) is 1. The number of para-hydroxylation sites is 1. The van der Waals surface area contributed by atoms with Crippen LogP contribution in [0.3, 0.4) is 0 Å². The summed E-state index contributed by atoms with van der Waals surface area (Å²) >= 11 is 12.2. The zero-order valence-corrected chi connectivity index (χ0v) is 16.7. The van der Waals surface area contributed by atoms with Gasteiger partial charge in [0.2, 0.25) is 5.91 Å². The van der Waals surface area contributed by atoms with E-state index < -0.39 is 29.2 Å². The molecule has 29 heavy (non-hydrogen) atoms. The van der Waals surface area contributed by atoms with Crippen molar-refractivity contribution >= 4 is 52.4 Å². The van der Waals surface area contributed by atoms with Crippen molar-refractivity contribution in [2.75, 3.05) is 11.5 Å². The summed E-state index contributed by atoms with van der Waals surface area (Å²) in [7, 11) is 0. The fraction of sp³-hybridized carbons (Fsp3) is 0.200. The molecule has 1 N–H and O–H groups in total. The van der Waals surface area contributed by atoms with Crippen LogP contribution in [0.25, 0.3) is 0 Å². The van der Waals surface area contributed by atoms with Gasteiger partial charge in [0.25, 0.3) is 5.91 Å². The number of benzene rings is 2. The minimum absolute atomic E-state index is 0.106. The van der Waals surface area contributed by atoms with Crippen LogP contribution in [0.5, 0.6) is 0 Å². The second-order valence-corrected chi connectivity index (χ2v) is 7.35. The number of hydrogen-bond donors (Lipinski definition) is 1. The van der Waals surface area contributed by atoms with Gasteiger partial charge in [-0.2, -0.15) is 5.10 Å². The van der Waals surface area contributed by atoms with Crippen LogP contribution in [0.1, 0.15) is 12.5 Å². The molecule has 2 aromatic carbocycles. The SMILES string of the molecule is CCOC(=O)C1=NN[C@]2(c3ccc(Cl)cc3)C(=O)N(c3ccccc3Cl)C(=O)[C@@H]12. The number of fused-ring (bicyclic) bond motifs is 1. The van der Waals surface area contributed by atoms with Crippen molar-refractivity contribution in [3.63, 3.8) is 0 Å². The Kier molecular flexibility index (Phi) is 4.80. The van der Waals surface area contributed by atoms with Gasteiger partial charge in [-0.05, 0) is 36.8 Å². The lowest BCUT2D eigenvalue weighted by molar-refractivity contribution is -0.136. The van der Waals surface area contributed by atoms with Gasteiger partial charge in [-0.15, -0.1) is 0 Å². The van der Waals surface area contributed by atoms with Gasteiger partial charge >= 0.3 is 5.97 Å². The summed E-state index contributed by atoms with van der Waals surface area (Å²) in [5.74, 6) is -3.17. The molecule has 2 aromatic rings. The molecule has 148 valence electrons. The highest BCUT2D eigenvalue weighted by Crippen LogP contribution is 2.46. The summed E-state index contributed by atoms with van der Waals surface area (Å²) in [6.07, 6.45) is 0. The summed E-state index contributed by atoms with van der Waals surface area (Å²) < 4.78 is 5.04. The fourth-order valence-electron chi connectivity index (χ4n) is 3.66. The fourth-order valence-corrected chi connectivity index (χ4v) is 4.01. The number of esters is 1. The minimum atomic E-state index is -1.59. The van der Waals surface area contributed by atoms with Crippen LogP contribution in [-0.4, -0.2) is 30.1 Å². The molecule has 2 aliphatic rings. The predicted octanol–water partition coefficient (Wildman–Crippen LogP) is 2.90. The smallest absolute Gasteiger partial charge is 0.355 e. The number of halogens is 2. The van der Waals surface area contributed by atoms with Crippen LogP contribution in [0.4, 0.5) is 5.69 Å². The maximum Gasteiger partial charge on any atom is 0.355 e. The number of carbonyl (C=O) groups is 3. The first-order chi connectivity index (χ1) is 13.9. The molecule has 0 aromatic heterocycles. The van der Waals surface area contributed by atoms with Crippen LogP contribution >= 0.6 is 23.2 Å². The van der Waals surface area contributed by atoms with Crippen molar-refractivity contribution in [3.8, 4) is 0 Å². The van der Waals surface area contributed by atoms with E-state index in [-0.39, 0.29) is 23.0 Å². The normalized spacial score (nSPS) is 22.9. The molecule has 7 nitrogen and oxygen atoms in total. The maximum atomic E-state index is 13.6. The zero-order valence-electron chi connectivity index (χ0n) is 15.2. The van der Waals surface area contributed by atoms with Crippen LogP contribution in [0, 0.1) is 5.92 Å². The zero-order chi connectivity index (χ0) is 20.8. The van der Waals surface area contributed by atoms with Gasteiger partial charge in [0.1, 0.15) is 5.92 Å². The first kappa shape index (κ1) is 19.4. The summed E-state index contributed by atoms with van der Waals surface area (Å²) in [4.78, 5) is 40.5. The highest BCUT2D eigenvalue weighted by atomic mass is 35.5. The van der Waals surface area contributed by atoms with Crippen molar-refractivity contribution in [1.82, 2.24) is 5.43 Å². The molecule has 2 aliphatic heterocycles. The van der Waals surface area contributed by atoms with Crippen LogP contribution < -0.4 is 10.3 Å². The van der Waals surface area contributed by atoms with Gasteiger partial charge in [-0.3, -0.25) is 15.0 Å². The number of amides is 2. The second kappa shape index (κ2) is 7.17. The van der Waals surface area contributed by atoms with E-state index in [0.717, 1.165) is 4.90 Å². The van der Waals surface area contributed by atoms with Crippen molar-refractivity contribution < 1.29 is 19.1 Å². The Labute approximate surface area is 176 Å². The third-order valence-corrected chi connectivity index (χ3v) is 5.52. The van der Waals surface area contributed by atoms with Crippen molar-refractivity contribution in [2.24, 2.45) is 11.0 Å². The molecule has 2 heterocycles. The van der Waals surface area contributed by atoms with Crippen molar-refractivity contribution in [3.05, 3.63) is 64.1 Å². The molecule has 4 rings (SSSR count). The second-order valence-electron chi connectivity index (χ2n) is 6.51. The Morgan fingerprint density at radius 3 is 2.52 bits per heavy atom. The lowest BCUT2D eigenvalue weighted by Gasteiger charge is -2.26. The molecule has 1 saturated heterocycles. The number of imide groups is 1. The molecule has 0 bridgehead atoms. The average Bonchev–Trinajstić information content (AvgIpc) is 3.20. The Hall–Kier alpha value is -2.90. The van der Waals surface area contributed by atoms with Gasteiger partial charge < -0.3 is 4.74 Å². The van der Waals surface area contributed by atoms with E-state index in [1.165, 1.54) is 0 Å². The topological polar surface area (TPSA) is 88.1 Å². The summed E-state index contributed by atoms with van der Waals surface area (Å²) in [5, 5.41) is 4.71. The highest BCUT2D eigenvalue weighted by molar-refractivity contribution is 6.48. The van der Waals surface area contributed by atoms with Gasteiger partial charge in [-0.1, -0.05) is 47.5 Å². The lowest BCUT2D eigenvalue weighted by atomic mass is 9.79. The maximum absolute atomic E-state index is 13.6. The van der Waals surface area contributed by atoms with E-state index in [0.29, 0.717) is 10.6 Å². The summed E-state index contributed by atoms with van der Waals surface area (Å²) in [5.41, 5.74) is 1.67. The number of hydrogen-bond acceptors (Lipinski definition) is 6. The van der Waals surface area contributed by atoms with E-state index in [2.05, 4.69) is 10.5 Å². The molecule has 2 amide bonds. The number of carbonyl (C=O) groups excluding carboxylic acids is 3. The third-order valence-electron chi connectivity index (χ3n) is 4.94. The Morgan fingerprint density at radius 2 is 1.86 bits per heavy atom.